The standard InChI is InChI=1S/C18H23N7/c1-13-3-4-16(19-2)14(9-13)10-20-15-7-8-24(11-15)18-6-5-17-22-21-12-25(17)23-18/h3-6,9,12,15,19-20H,7-8,10-11H2,1-2H3. The zero-order valence-electron chi connectivity index (χ0n) is 14.6. The van der Waals surface area contributed by atoms with E-state index in [1.54, 1.807) is 10.8 Å². The Bertz CT molecular complexity index is 873. The van der Waals surface area contributed by atoms with Gasteiger partial charge in [-0.15, -0.1) is 15.3 Å². The van der Waals surface area contributed by atoms with Gasteiger partial charge in [0.2, 0.25) is 0 Å². The Morgan fingerprint density at radius 3 is 3.04 bits per heavy atom. The Kier molecular flexibility index (Phi) is 4.23. The van der Waals surface area contributed by atoms with Gasteiger partial charge in [0.15, 0.2) is 5.65 Å². The summed E-state index contributed by atoms with van der Waals surface area (Å²) in [5, 5.41) is 19.4. The second-order valence-electron chi connectivity index (χ2n) is 6.55. The Hall–Kier alpha value is -2.67. The van der Waals surface area contributed by atoms with E-state index >= 15 is 0 Å². The first kappa shape index (κ1) is 15.8. The number of aromatic nitrogens is 4. The van der Waals surface area contributed by atoms with E-state index in [1.807, 2.05) is 19.2 Å². The van der Waals surface area contributed by atoms with Gasteiger partial charge in [-0.25, -0.2) is 0 Å². The van der Waals surface area contributed by atoms with Gasteiger partial charge in [0.25, 0.3) is 0 Å². The number of benzene rings is 1. The second kappa shape index (κ2) is 6.68. The molecule has 3 heterocycles. The van der Waals surface area contributed by atoms with Gasteiger partial charge in [-0.3, -0.25) is 0 Å². The summed E-state index contributed by atoms with van der Waals surface area (Å²) in [6.07, 6.45) is 2.75. The highest BCUT2D eigenvalue weighted by Gasteiger charge is 2.23. The molecule has 0 saturated carbocycles. The molecule has 1 atom stereocenters. The van der Waals surface area contributed by atoms with Crippen molar-refractivity contribution in [3.8, 4) is 0 Å². The molecule has 7 nitrogen and oxygen atoms in total. The molecule has 1 saturated heterocycles. The summed E-state index contributed by atoms with van der Waals surface area (Å²) < 4.78 is 1.72. The maximum absolute atomic E-state index is 4.59. The highest BCUT2D eigenvalue weighted by Crippen LogP contribution is 2.20. The lowest BCUT2D eigenvalue weighted by Gasteiger charge is -2.18. The molecule has 1 aliphatic rings. The van der Waals surface area contributed by atoms with Crippen LogP contribution >= 0.6 is 0 Å². The van der Waals surface area contributed by atoms with Crippen molar-refractivity contribution < 1.29 is 0 Å². The predicted octanol–water partition coefficient (Wildman–Crippen LogP) is 1.84. The normalized spacial score (nSPS) is 17.4. The third-order valence-electron chi connectivity index (χ3n) is 4.77. The first-order valence-electron chi connectivity index (χ1n) is 8.65. The first-order valence-corrected chi connectivity index (χ1v) is 8.65. The molecular formula is C18H23N7. The summed E-state index contributed by atoms with van der Waals surface area (Å²) in [6, 6.07) is 11.0. The Balaban J connectivity index is 1.40. The van der Waals surface area contributed by atoms with Crippen LogP contribution in [0, 0.1) is 6.92 Å². The average Bonchev–Trinajstić information content (AvgIpc) is 3.28. The fraction of sp³-hybridized carbons (Fsp3) is 0.389. The molecule has 0 spiro atoms. The molecule has 0 bridgehead atoms. The maximum atomic E-state index is 4.59. The summed E-state index contributed by atoms with van der Waals surface area (Å²) in [6.45, 7) is 4.97. The molecular weight excluding hydrogens is 314 g/mol. The second-order valence-corrected chi connectivity index (χ2v) is 6.55. The van der Waals surface area contributed by atoms with Gasteiger partial charge in [-0.1, -0.05) is 17.7 Å². The van der Waals surface area contributed by atoms with Crippen molar-refractivity contribution in [2.24, 2.45) is 0 Å². The quantitative estimate of drug-likeness (QED) is 0.740. The number of rotatable bonds is 5. The average molecular weight is 337 g/mol. The van der Waals surface area contributed by atoms with Crippen LogP contribution in [0.3, 0.4) is 0 Å². The van der Waals surface area contributed by atoms with Crippen LogP contribution in [0.15, 0.2) is 36.7 Å². The van der Waals surface area contributed by atoms with E-state index in [0.717, 1.165) is 37.5 Å². The number of nitrogens with zero attached hydrogens (tertiary/aromatic N) is 5. The molecule has 1 aliphatic heterocycles. The Labute approximate surface area is 147 Å². The molecule has 4 rings (SSSR count). The van der Waals surface area contributed by atoms with Gasteiger partial charge in [0.05, 0.1) is 0 Å². The van der Waals surface area contributed by atoms with Gasteiger partial charge in [0.1, 0.15) is 12.1 Å². The molecule has 0 amide bonds. The van der Waals surface area contributed by atoms with Crippen LogP contribution < -0.4 is 15.5 Å². The molecule has 1 aromatic carbocycles. The lowest BCUT2D eigenvalue weighted by molar-refractivity contribution is 0.551. The fourth-order valence-electron chi connectivity index (χ4n) is 3.39. The number of hydrogen-bond acceptors (Lipinski definition) is 6. The number of aryl methyl sites for hydroxylation is 1. The van der Waals surface area contributed by atoms with Crippen LogP contribution in [-0.4, -0.2) is 46.0 Å². The van der Waals surface area contributed by atoms with Crippen molar-refractivity contribution in [3.63, 3.8) is 0 Å². The van der Waals surface area contributed by atoms with E-state index in [0.29, 0.717) is 6.04 Å². The van der Waals surface area contributed by atoms with E-state index in [-0.39, 0.29) is 0 Å². The van der Waals surface area contributed by atoms with Crippen LogP contribution in [-0.2, 0) is 6.54 Å². The van der Waals surface area contributed by atoms with E-state index in [9.17, 15) is 0 Å². The van der Waals surface area contributed by atoms with Crippen molar-refractivity contribution >= 4 is 17.2 Å². The van der Waals surface area contributed by atoms with Gasteiger partial charge >= 0.3 is 0 Å². The van der Waals surface area contributed by atoms with Gasteiger partial charge in [-0.05, 0) is 37.1 Å². The van der Waals surface area contributed by atoms with Crippen LogP contribution in [0.4, 0.5) is 11.5 Å². The Morgan fingerprint density at radius 2 is 2.16 bits per heavy atom. The van der Waals surface area contributed by atoms with Gasteiger partial charge in [-0.2, -0.15) is 4.52 Å². The summed E-state index contributed by atoms with van der Waals surface area (Å²) in [5.74, 6) is 0.975. The molecule has 1 unspecified atom stereocenters. The van der Waals surface area contributed by atoms with Crippen LogP contribution in [0.25, 0.3) is 5.65 Å². The molecule has 1 fully saturated rings. The van der Waals surface area contributed by atoms with Crippen LogP contribution in [0.2, 0.25) is 0 Å². The minimum atomic E-state index is 0.462. The largest absolute Gasteiger partial charge is 0.388 e. The molecule has 7 heteroatoms. The van der Waals surface area contributed by atoms with Crippen molar-refractivity contribution in [3.05, 3.63) is 47.8 Å². The monoisotopic (exact) mass is 337 g/mol. The molecule has 3 aromatic rings. The third kappa shape index (κ3) is 3.28. The molecule has 25 heavy (non-hydrogen) atoms. The van der Waals surface area contributed by atoms with E-state index in [2.05, 4.69) is 56.0 Å². The molecule has 0 radical (unpaired) electrons. The number of nitrogens with one attached hydrogen (secondary N) is 2. The minimum absolute atomic E-state index is 0.462. The SMILES string of the molecule is CNc1ccc(C)cc1CNC1CCN(c2ccc3nncn3n2)C1. The van der Waals surface area contributed by atoms with Crippen molar-refractivity contribution in [1.82, 2.24) is 25.1 Å². The smallest absolute Gasteiger partial charge is 0.177 e. The first-order chi connectivity index (χ1) is 12.2. The van der Waals surface area contributed by atoms with Crippen molar-refractivity contribution in [1.29, 1.82) is 0 Å². The zero-order chi connectivity index (χ0) is 17.2. The summed E-state index contributed by atoms with van der Waals surface area (Å²) in [7, 11) is 1.97. The topological polar surface area (TPSA) is 70.4 Å². The van der Waals surface area contributed by atoms with Gasteiger partial charge in [0, 0.05) is 38.4 Å². The van der Waals surface area contributed by atoms with E-state index in [1.165, 1.54) is 16.8 Å². The lowest BCUT2D eigenvalue weighted by Crippen LogP contribution is -2.32. The number of hydrogen-bond donors (Lipinski definition) is 2. The molecule has 130 valence electrons. The van der Waals surface area contributed by atoms with Crippen LogP contribution in [0.1, 0.15) is 17.5 Å². The molecule has 0 aliphatic carbocycles. The van der Waals surface area contributed by atoms with Crippen molar-refractivity contribution in [2.45, 2.75) is 25.9 Å². The summed E-state index contributed by atoms with van der Waals surface area (Å²) in [4.78, 5) is 2.31. The highest BCUT2D eigenvalue weighted by atomic mass is 15.4. The minimum Gasteiger partial charge on any atom is -0.388 e. The maximum Gasteiger partial charge on any atom is 0.177 e. The van der Waals surface area contributed by atoms with E-state index in [4.69, 9.17) is 0 Å². The fourth-order valence-corrected chi connectivity index (χ4v) is 3.39. The summed E-state index contributed by atoms with van der Waals surface area (Å²) in [5.41, 5.74) is 4.56. The predicted molar refractivity (Wildman–Crippen MR) is 99.0 cm³/mol. The zero-order valence-corrected chi connectivity index (χ0v) is 14.6. The molecule has 2 aromatic heterocycles. The van der Waals surface area contributed by atoms with Crippen LogP contribution in [0.5, 0.6) is 0 Å². The van der Waals surface area contributed by atoms with Crippen molar-refractivity contribution in [2.75, 3.05) is 30.4 Å². The molecule has 2 N–H and O–H groups in total. The number of anilines is 2. The number of fused-ring (bicyclic) bond motifs is 1. The Morgan fingerprint density at radius 1 is 1.24 bits per heavy atom. The lowest BCUT2D eigenvalue weighted by atomic mass is 10.1. The van der Waals surface area contributed by atoms with Gasteiger partial charge < -0.3 is 15.5 Å². The van der Waals surface area contributed by atoms with E-state index < -0.39 is 0 Å². The summed E-state index contributed by atoms with van der Waals surface area (Å²) >= 11 is 0. The third-order valence-corrected chi connectivity index (χ3v) is 4.77. The highest BCUT2D eigenvalue weighted by molar-refractivity contribution is 5.52.